The summed E-state index contributed by atoms with van der Waals surface area (Å²) in [7, 11) is 1.65. The van der Waals surface area contributed by atoms with Crippen LogP contribution < -0.4 is 10.1 Å². The summed E-state index contributed by atoms with van der Waals surface area (Å²) in [5.41, 5.74) is 1.06. The average Bonchev–Trinajstić information content (AvgIpc) is 3.20. The molecule has 2 atom stereocenters. The second-order valence-corrected chi connectivity index (χ2v) is 9.35. The molecule has 2 aliphatic rings. The number of carbonyl (C=O) groups excluding carboxylic acids is 2. The first-order valence-corrected chi connectivity index (χ1v) is 11.7. The molecule has 160 valence electrons. The van der Waals surface area contributed by atoms with Gasteiger partial charge in [-0.25, -0.2) is 0 Å². The van der Waals surface area contributed by atoms with Gasteiger partial charge >= 0.3 is 0 Å². The van der Waals surface area contributed by atoms with E-state index < -0.39 is 0 Å². The molecular formula is C22H33N3O3S. The number of hydrogen-bond acceptors (Lipinski definition) is 5. The Kier molecular flexibility index (Phi) is 7.84. The fourth-order valence-corrected chi connectivity index (χ4v) is 5.04. The summed E-state index contributed by atoms with van der Waals surface area (Å²) in [5, 5.41) is 3.19. The second kappa shape index (κ2) is 10.3. The second-order valence-electron chi connectivity index (χ2n) is 8.13. The normalized spacial score (nSPS) is 21.2. The highest BCUT2D eigenvalue weighted by Crippen LogP contribution is 2.25. The lowest BCUT2D eigenvalue weighted by Crippen LogP contribution is -2.50. The molecule has 0 saturated carbocycles. The minimum atomic E-state index is -0.151. The molecule has 2 aliphatic heterocycles. The van der Waals surface area contributed by atoms with Crippen LogP contribution in [0.4, 0.5) is 0 Å². The first kappa shape index (κ1) is 22.0. The zero-order valence-electron chi connectivity index (χ0n) is 17.7. The number of ether oxygens (including phenoxy) is 1. The van der Waals surface area contributed by atoms with Crippen LogP contribution in [0.15, 0.2) is 24.3 Å². The van der Waals surface area contributed by atoms with E-state index in [1.165, 1.54) is 0 Å². The molecule has 2 amide bonds. The minimum absolute atomic E-state index is 0.0200. The predicted molar refractivity (Wildman–Crippen MR) is 117 cm³/mol. The van der Waals surface area contributed by atoms with Crippen molar-refractivity contribution in [2.24, 2.45) is 5.92 Å². The van der Waals surface area contributed by atoms with Crippen LogP contribution >= 0.6 is 11.8 Å². The molecule has 29 heavy (non-hydrogen) atoms. The van der Waals surface area contributed by atoms with Gasteiger partial charge in [0, 0.05) is 24.6 Å². The van der Waals surface area contributed by atoms with Crippen molar-refractivity contribution in [3.05, 3.63) is 29.8 Å². The van der Waals surface area contributed by atoms with Crippen molar-refractivity contribution in [2.75, 3.05) is 44.8 Å². The van der Waals surface area contributed by atoms with Crippen LogP contribution in [0.5, 0.6) is 5.75 Å². The van der Waals surface area contributed by atoms with E-state index in [4.69, 9.17) is 4.74 Å². The lowest BCUT2D eigenvalue weighted by Gasteiger charge is -2.32. The van der Waals surface area contributed by atoms with E-state index in [2.05, 4.69) is 24.1 Å². The van der Waals surface area contributed by atoms with Crippen LogP contribution in [0, 0.1) is 5.92 Å². The number of carbonyl (C=O) groups is 2. The number of benzene rings is 1. The molecule has 2 saturated heterocycles. The maximum absolute atomic E-state index is 12.9. The number of likely N-dealkylation sites (tertiary alicyclic amines) is 1. The highest BCUT2D eigenvalue weighted by molar-refractivity contribution is 7.99. The number of rotatable bonds is 7. The Morgan fingerprint density at radius 1 is 1.17 bits per heavy atom. The Labute approximate surface area is 178 Å². The van der Waals surface area contributed by atoms with Crippen molar-refractivity contribution in [2.45, 2.75) is 38.8 Å². The molecule has 1 aromatic carbocycles. The SMILES string of the molecule is COc1ccc(C(NC(=O)CN2CCCC2C(=O)N2CCSCC2)C(C)C)cc1. The maximum Gasteiger partial charge on any atom is 0.239 e. The van der Waals surface area contributed by atoms with E-state index in [1.54, 1.807) is 7.11 Å². The van der Waals surface area contributed by atoms with Crippen LogP contribution in [0.25, 0.3) is 0 Å². The lowest BCUT2D eigenvalue weighted by atomic mass is 9.96. The third-order valence-corrected chi connectivity index (χ3v) is 6.72. The third-order valence-electron chi connectivity index (χ3n) is 5.78. The third kappa shape index (κ3) is 5.66. The van der Waals surface area contributed by atoms with Crippen LogP contribution in [0.2, 0.25) is 0 Å². The molecule has 0 bridgehead atoms. The standard InChI is InChI=1S/C22H33N3O3S/c1-16(2)21(17-6-8-18(28-3)9-7-17)23-20(26)15-25-10-4-5-19(25)22(27)24-11-13-29-14-12-24/h6-9,16,19,21H,4-5,10-15H2,1-3H3,(H,23,26). The van der Waals surface area contributed by atoms with Crippen molar-refractivity contribution in [3.63, 3.8) is 0 Å². The van der Waals surface area contributed by atoms with Gasteiger partial charge in [0.1, 0.15) is 5.75 Å². The number of thioether (sulfide) groups is 1. The van der Waals surface area contributed by atoms with Gasteiger partial charge in [-0.1, -0.05) is 26.0 Å². The van der Waals surface area contributed by atoms with Gasteiger partial charge in [0.25, 0.3) is 0 Å². The molecule has 0 spiro atoms. The first-order valence-electron chi connectivity index (χ1n) is 10.5. The molecule has 0 aliphatic carbocycles. The van der Waals surface area contributed by atoms with Crippen molar-refractivity contribution in [3.8, 4) is 5.75 Å². The Morgan fingerprint density at radius 3 is 2.48 bits per heavy atom. The summed E-state index contributed by atoms with van der Waals surface area (Å²) in [6.07, 6.45) is 1.82. The fraction of sp³-hybridized carbons (Fsp3) is 0.636. The molecule has 7 heteroatoms. The zero-order chi connectivity index (χ0) is 20.8. The Morgan fingerprint density at radius 2 is 1.86 bits per heavy atom. The highest BCUT2D eigenvalue weighted by Gasteiger charge is 2.35. The Balaban J connectivity index is 1.60. The number of hydrogen-bond donors (Lipinski definition) is 1. The van der Waals surface area contributed by atoms with E-state index in [0.29, 0.717) is 0 Å². The molecule has 2 heterocycles. The van der Waals surface area contributed by atoms with E-state index in [1.807, 2.05) is 40.9 Å². The Bertz CT molecular complexity index is 689. The van der Waals surface area contributed by atoms with Crippen molar-refractivity contribution in [1.29, 1.82) is 0 Å². The molecule has 0 radical (unpaired) electrons. The molecule has 1 N–H and O–H groups in total. The molecule has 1 aromatic rings. The average molecular weight is 420 g/mol. The minimum Gasteiger partial charge on any atom is -0.497 e. The van der Waals surface area contributed by atoms with Gasteiger partial charge in [-0.3, -0.25) is 14.5 Å². The van der Waals surface area contributed by atoms with Crippen LogP contribution in [0.3, 0.4) is 0 Å². The summed E-state index contributed by atoms with van der Waals surface area (Å²) >= 11 is 1.90. The first-order chi connectivity index (χ1) is 14.0. The van der Waals surface area contributed by atoms with Crippen molar-refractivity contribution < 1.29 is 14.3 Å². The Hall–Kier alpha value is -1.73. The number of nitrogens with one attached hydrogen (secondary N) is 1. The number of nitrogens with zero attached hydrogens (tertiary/aromatic N) is 2. The van der Waals surface area contributed by atoms with Crippen LogP contribution in [-0.4, -0.2) is 72.5 Å². The quantitative estimate of drug-likeness (QED) is 0.736. The number of amides is 2. The smallest absolute Gasteiger partial charge is 0.239 e. The fourth-order valence-electron chi connectivity index (χ4n) is 4.14. The van der Waals surface area contributed by atoms with Crippen molar-refractivity contribution >= 4 is 23.6 Å². The predicted octanol–water partition coefficient (Wildman–Crippen LogP) is 2.55. The van der Waals surface area contributed by atoms with Gasteiger partial charge in [0.05, 0.1) is 25.7 Å². The van der Waals surface area contributed by atoms with Gasteiger partial charge in [0.15, 0.2) is 0 Å². The summed E-state index contributed by atoms with van der Waals surface area (Å²) in [5.74, 6) is 3.26. The van der Waals surface area contributed by atoms with Gasteiger partial charge in [-0.05, 0) is 43.0 Å². The summed E-state index contributed by atoms with van der Waals surface area (Å²) in [4.78, 5) is 29.8. The monoisotopic (exact) mass is 419 g/mol. The summed E-state index contributed by atoms with van der Waals surface area (Å²) in [6.45, 7) is 6.94. The van der Waals surface area contributed by atoms with Gasteiger partial charge in [0.2, 0.25) is 11.8 Å². The largest absolute Gasteiger partial charge is 0.497 e. The van der Waals surface area contributed by atoms with Crippen molar-refractivity contribution in [1.82, 2.24) is 15.1 Å². The van der Waals surface area contributed by atoms with Crippen LogP contribution in [0.1, 0.15) is 38.3 Å². The summed E-state index contributed by atoms with van der Waals surface area (Å²) < 4.78 is 5.23. The highest BCUT2D eigenvalue weighted by atomic mass is 32.2. The summed E-state index contributed by atoms with van der Waals surface area (Å²) in [6, 6.07) is 7.62. The molecule has 6 nitrogen and oxygen atoms in total. The molecular weight excluding hydrogens is 386 g/mol. The topological polar surface area (TPSA) is 61.9 Å². The maximum atomic E-state index is 12.9. The van der Waals surface area contributed by atoms with E-state index in [9.17, 15) is 9.59 Å². The molecule has 0 aromatic heterocycles. The molecule has 2 fully saturated rings. The van der Waals surface area contributed by atoms with E-state index in [-0.39, 0.29) is 36.4 Å². The van der Waals surface area contributed by atoms with E-state index >= 15 is 0 Å². The van der Waals surface area contributed by atoms with E-state index in [0.717, 1.165) is 55.3 Å². The molecule has 2 unspecified atom stereocenters. The zero-order valence-corrected chi connectivity index (χ0v) is 18.5. The number of methoxy groups -OCH3 is 1. The lowest BCUT2D eigenvalue weighted by molar-refractivity contribution is -0.136. The van der Waals surface area contributed by atoms with Gasteiger partial charge in [-0.15, -0.1) is 0 Å². The molecule has 3 rings (SSSR count). The van der Waals surface area contributed by atoms with Crippen LogP contribution in [-0.2, 0) is 9.59 Å². The van der Waals surface area contributed by atoms with Gasteiger partial charge in [-0.2, -0.15) is 11.8 Å². The van der Waals surface area contributed by atoms with Gasteiger partial charge < -0.3 is 15.0 Å².